The van der Waals surface area contributed by atoms with Gasteiger partial charge in [-0.1, -0.05) is 66.7 Å². The van der Waals surface area contributed by atoms with Crippen LogP contribution in [0.3, 0.4) is 0 Å². The Bertz CT molecular complexity index is 1120. The Hall–Kier alpha value is -3.06. The maximum Gasteiger partial charge on any atom is 0.434 e. The number of aromatic nitrogens is 2. The fourth-order valence-electron chi connectivity index (χ4n) is 2.80. The van der Waals surface area contributed by atoms with Crippen LogP contribution in [0.15, 0.2) is 94.5 Å². The van der Waals surface area contributed by atoms with Gasteiger partial charge in [0.2, 0.25) is 0 Å². The van der Waals surface area contributed by atoms with Crippen molar-refractivity contribution in [1.29, 1.82) is 0 Å². The molecular weight excluding hydrogens is 383 g/mol. The number of rotatable bonds is 4. The maximum atomic E-state index is 13.6. The molecule has 0 fully saturated rings. The van der Waals surface area contributed by atoms with E-state index in [-0.39, 0.29) is 5.56 Å². The molecule has 0 N–H and O–H groups in total. The van der Waals surface area contributed by atoms with E-state index in [0.717, 1.165) is 17.5 Å². The standard InChI is InChI=1S/C21H14F3N3S/c22-21(23,24)19(16-11-5-2-6-12-16)26-28-20-18(15-9-3-1-4-10-15)25-17-13-7-8-14-27(17)20/h1-14H. The number of nitrogens with zero attached hydrogens (tertiary/aromatic N) is 3. The predicted octanol–water partition coefficient (Wildman–Crippen LogP) is 6.06. The number of imidazole rings is 1. The van der Waals surface area contributed by atoms with Crippen molar-refractivity contribution < 1.29 is 13.2 Å². The number of hydrogen-bond acceptors (Lipinski definition) is 3. The molecule has 0 amide bonds. The van der Waals surface area contributed by atoms with Gasteiger partial charge in [0.1, 0.15) is 16.4 Å². The van der Waals surface area contributed by atoms with Crippen molar-refractivity contribution in [2.45, 2.75) is 11.2 Å². The largest absolute Gasteiger partial charge is 0.434 e. The first-order chi connectivity index (χ1) is 13.5. The van der Waals surface area contributed by atoms with Crippen LogP contribution in [0.5, 0.6) is 0 Å². The highest BCUT2D eigenvalue weighted by Gasteiger charge is 2.37. The lowest BCUT2D eigenvalue weighted by Crippen LogP contribution is -2.23. The molecule has 2 heterocycles. The highest BCUT2D eigenvalue weighted by Crippen LogP contribution is 2.34. The fourth-order valence-corrected chi connectivity index (χ4v) is 3.68. The van der Waals surface area contributed by atoms with E-state index in [9.17, 15) is 13.2 Å². The van der Waals surface area contributed by atoms with Crippen LogP contribution in [0, 0.1) is 0 Å². The highest BCUT2D eigenvalue weighted by atomic mass is 32.2. The van der Waals surface area contributed by atoms with Crippen LogP contribution in [0.4, 0.5) is 13.2 Å². The first-order valence-corrected chi connectivity index (χ1v) is 9.21. The molecule has 0 radical (unpaired) electrons. The minimum Gasteiger partial charge on any atom is -0.293 e. The van der Waals surface area contributed by atoms with Crippen LogP contribution in [0.1, 0.15) is 5.56 Å². The second kappa shape index (κ2) is 7.52. The van der Waals surface area contributed by atoms with Gasteiger partial charge >= 0.3 is 6.18 Å². The average Bonchev–Trinajstić information content (AvgIpc) is 3.07. The molecule has 0 aliphatic rings. The summed E-state index contributed by atoms with van der Waals surface area (Å²) in [5.74, 6) is 0. The Kier molecular flexibility index (Phi) is 4.92. The molecule has 0 spiro atoms. The van der Waals surface area contributed by atoms with Crippen molar-refractivity contribution in [3.8, 4) is 11.3 Å². The Labute approximate surface area is 163 Å². The molecule has 0 aliphatic heterocycles. The Morgan fingerprint density at radius 1 is 0.857 bits per heavy atom. The molecule has 28 heavy (non-hydrogen) atoms. The number of halogens is 3. The fraction of sp³-hybridized carbons (Fsp3) is 0.0476. The van der Waals surface area contributed by atoms with E-state index in [1.807, 2.05) is 42.5 Å². The third kappa shape index (κ3) is 3.66. The molecule has 0 bridgehead atoms. The van der Waals surface area contributed by atoms with Crippen LogP contribution in [0.25, 0.3) is 16.9 Å². The second-order valence-electron chi connectivity index (χ2n) is 5.96. The topological polar surface area (TPSA) is 29.7 Å². The van der Waals surface area contributed by atoms with Crippen LogP contribution >= 0.6 is 11.9 Å². The summed E-state index contributed by atoms with van der Waals surface area (Å²) in [6.07, 6.45) is -2.80. The van der Waals surface area contributed by atoms with Crippen LogP contribution in [-0.4, -0.2) is 21.3 Å². The molecular formula is C21H14F3N3S. The van der Waals surface area contributed by atoms with Crippen molar-refractivity contribution in [3.05, 3.63) is 90.6 Å². The number of pyridine rings is 1. The monoisotopic (exact) mass is 397 g/mol. The third-order valence-electron chi connectivity index (χ3n) is 4.07. The molecule has 0 saturated heterocycles. The maximum absolute atomic E-state index is 13.6. The van der Waals surface area contributed by atoms with E-state index < -0.39 is 11.9 Å². The summed E-state index contributed by atoms with van der Waals surface area (Å²) < 4.78 is 46.5. The SMILES string of the molecule is FC(F)(F)C(=NSc1c(-c2ccccc2)nc2ccccn12)c1ccccc1. The zero-order valence-corrected chi connectivity index (χ0v) is 15.3. The van der Waals surface area contributed by atoms with Gasteiger partial charge in [0.25, 0.3) is 0 Å². The molecule has 4 aromatic rings. The van der Waals surface area contributed by atoms with E-state index >= 15 is 0 Å². The van der Waals surface area contributed by atoms with Crippen molar-refractivity contribution in [3.63, 3.8) is 0 Å². The first kappa shape index (κ1) is 18.3. The quantitative estimate of drug-likeness (QED) is 0.309. The van der Waals surface area contributed by atoms with Gasteiger partial charge in [0.05, 0.1) is 0 Å². The van der Waals surface area contributed by atoms with Gasteiger partial charge in [-0.15, -0.1) is 0 Å². The summed E-state index contributed by atoms with van der Waals surface area (Å²) in [6, 6.07) is 22.4. The van der Waals surface area contributed by atoms with E-state index in [1.54, 1.807) is 34.9 Å². The van der Waals surface area contributed by atoms with Crippen LogP contribution in [-0.2, 0) is 0 Å². The van der Waals surface area contributed by atoms with Crippen molar-refractivity contribution in [1.82, 2.24) is 9.38 Å². The van der Waals surface area contributed by atoms with Gasteiger partial charge in [-0.2, -0.15) is 13.2 Å². The van der Waals surface area contributed by atoms with E-state index in [2.05, 4.69) is 9.38 Å². The zero-order valence-electron chi connectivity index (χ0n) is 14.5. The van der Waals surface area contributed by atoms with Crippen LogP contribution in [0.2, 0.25) is 0 Å². The van der Waals surface area contributed by atoms with Crippen molar-refractivity contribution in [2.75, 3.05) is 0 Å². The molecule has 140 valence electrons. The van der Waals surface area contributed by atoms with Crippen molar-refractivity contribution >= 4 is 23.3 Å². The number of alkyl halides is 3. The average molecular weight is 397 g/mol. The molecule has 7 heteroatoms. The van der Waals surface area contributed by atoms with Gasteiger partial charge in [-0.3, -0.25) is 4.40 Å². The van der Waals surface area contributed by atoms with E-state index in [1.165, 1.54) is 12.1 Å². The van der Waals surface area contributed by atoms with Gasteiger partial charge in [-0.25, -0.2) is 9.38 Å². The van der Waals surface area contributed by atoms with Gasteiger partial charge in [0.15, 0.2) is 5.71 Å². The molecule has 0 atom stereocenters. The predicted molar refractivity (Wildman–Crippen MR) is 106 cm³/mol. The lowest BCUT2D eigenvalue weighted by Gasteiger charge is -2.10. The molecule has 2 aromatic carbocycles. The highest BCUT2D eigenvalue weighted by molar-refractivity contribution is 7.98. The molecule has 0 aliphatic carbocycles. The minimum atomic E-state index is -4.57. The summed E-state index contributed by atoms with van der Waals surface area (Å²) in [5, 5.41) is 0.527. The zero-order chi connectivity index (χ0) is 19.6. The lowest BCUT2D eigenvalue weighted by atomic mass is 10.1. The smallest absolute Gasteiger partial charge is 0.293 e. The summed E-state index contributed by atoms with van der Waals surface area (Å²) >= 11 is 0.776. The summed E-state index contributed by atoms with van der Waals surface area (Å²) in [6.45, 7) is 0. The Morgan fingerprint density at radius 2 is 1.50 bits per heavy atom. The summed E-state index contributed by atoms with van der Waals surface area (Å²) in [5.41, 5.74) is 1.15. The van der Waals surface area contributed by atoms with E-state index in [0.29, 0.717) is 16.4 Å². The molecule has 0 unspecified atom stereocenters. The number of fused-ring (bicyclic) bond motifs is 1. The van der Waals surface area contributed by atoms with Gasteiger partial charge in [-0.05, 0) is 12.1 Å². The first-order valence-electron chi connectivity index (χ1n) is 8.44. The van der Waals surface area contributed by atoms with Gasteiger partial charge < -0.3 is 0 Å². The van der Waals surface area contributed by atoms with Gasteiger partial charge in [0, 0.05) is 29.3 Å². The molecule has 3 nitrogen and oxygen atoms in total. The third-order valence-corrected chi connectivity index (χ3v) is 4.91. The Morgan fingerprint density at radius 3 is 2.18 bits per heavy atom. The Balaban J connectivity index is 1.84. The molecule has 2 aromatic heterocycles. The second-order valence-corrected chi connectivity index (χ2v) is 6.71. The lowest BCUT2D eigenvalue weighted by molar-refractivity contribution is -0.0578. The number of benzene rings is 2. The summed E-state index contributed by atoms with van der Waals surface area (Å²) in [4.78, 5) is 4.59. The minimum absolute atomic E-state index is 0.0255. The number of hydrogen-bond donors (Lipinski definition) is 0. The molecule has 4 rings (SSSR count). The molecule has 0 saturated carbocycles. The van der Waals surface area contributed by atoms with Crippen molar-refractivity contribution in [2.24, 2.45) is 4.40 Å². The normalized spacial score (nSPS) is 12.5. The van der Waals surface area contributed by atoms with E-state index in [4.69, 9.17) is 0 Å². The summed E-state index contributed by atoms with van der Waals surface area (Å²) in [7, 11) is 0. The van der Waals surface area contributed by atoms with Crippen LogP contribution < -0.4 is 0 Å².